The fourth-order valence-electron chi connectivity index (χ4n) is 4.26. The Morgan fingerprint density at radius 3 is 2.78 bits per heavy atom. The monoisotopic (exact) mass is 535 g/mol. The number of aromatic nitrogens is 4. The maximum absolute atomic E-state index is 12.9. The third kappa shape index (κ3) is 4.92. The molecule has 3 aromatic heterocycles. The highest BCUT2D eigenvalue weighted by atomic mass is 35.5. The molecule has 0 spiro atoms. The number of benzene rings is 1. The van der Waals surface area contributed by atoms with E-state index in [1.165, 1.54) is 12.1 Å². The van der Waals surface area contributed by atoms with E-state index in [1.807, 2.05) is 24.4 Å². The van der Waals surface area contributed by atoms with Crippen LogP contribution in [0.25, 0.3) is 22.3 Å². The maximum Gasteiger partial charge on any atom is 0.251 e. The zero-order chi connectivity index (χ0) is 25.6. The molecule has 4 heterocycles. The Bertz CT molecular complexity index is 1660. The number of nitrogens with one attached hydrogen (secondary N) is 1. The lowest BCUT2D eigenvalue weighted by Gasteiger charge is -2.11. The van der Waals surface area contributed by atoms with Gasteiger partial charge in [-0.15, -0.1) is 0 Å². The summed E-state index contributed by atoms with van der Waals surface area (Å²) in [7, 11) is -3.60. The first-order valence-corrected chi connectivity index (χ1v) is 13.9. The van der Waals surface area contributed by atoms with Crippen LogP contribution >= 0.6 is 11.6 Å². The second-order valence-electron chi connectivity index (χ2n) is 9.16. The van der Waals surface area contributed by atoms with Crippen molar-refractivity contribution < 1.29 is 17.9 Å². The molecule has 0 unspecified atom stereocenters. The van der Waals surface area contributed by atoms with Crippen molar-refractivity contribution >= 4 is 38.2 Å². The minimum absolute atomic E-state index is 0.0389. The van der Waals surface area contributed by atoms with E-state index in [4.69, 9.17) is 26.3 Å². The van der Waals surface area contributed by atoms with Gasteiger partial charge in [-0.25, -0.2) is 18.4 Å². The normalized spacial score (nSPS) is 16.7. The average Bonchev–Trinajstić information content (AvgIpc) is 3.76. The Hall–Kier alpha value is -3.47. The summed E-state index contributed by atoms with van der Waals surface area (Å²) in [6.07, 6.45) is 7.51. The molecule has 0 radical (unpaired) electrons. The Kier molecular flexibility index (Phi) is 6.10. The number of amides is 1. The molecule has 1 aliphatic carbocycles. The Labute approximate surface area is 218 Å². The second-order valence-corrected chi connectivity index (χ2v) is 11.6. The van der Waals surface area contributed by atoms with E-state index in [2.05, 4.69) is 15.3 Å². The van der Waals surface area contributed by atoms with Gasteiger partial charge in [0.1, 0.15) is 5.69 Å². The molecule has 1 saturated carbocycles. The lowest BCUT2D eigenvalue weighted by Crippen LogP contribution is -2.24. The minimum atomic E-state index is -3.60. The van der Waals surface area contributed by atoms with E-state index in [0.717, 1.165) is 35.1 Å². The maximum atomic E-state index is 12.9. The van der Waals surface area contributed by atoms with Crippen LogP contribution in [-0.2, 0) is 27.7 Å². The van der Waals surface area contributed by atoms with Gasteiger partial charge in [-0.2, -0.15) is 0 Å². The quantitative estimate of drug-likeness (QED) is 0.408. The number of ether oxygens (including phenoxy) is 1. The molecule has 0 saturated heterocycles. The Morgan fingerprint density at radius 2 is 1.95 bits per heavy atom. The van der Waals surface area contributed by atoms with Gasteiger partial charge in [0, 0.05) is 39.8 Å². The van der Waals surface area contributed by atoms with E-state index in [1.54, 1.807) is 12.4 Å². The van der Waals surface area contributed by atoms with Crippen molar-refractivity contribution in [2.75, 3.05) is 12.4 Å². The van der Waals surface area contributed by atoms with Crippen molar-refractivity contribution in [2.24, 2.45) is 0 Å². The molecule has 1 N–H and O–H groups in total. The highest BCUT2D eigenvalue weighted by Gasteiger charge is 2.27. The zero-order valence-electron chi connectivity index (χ0n) is 19.6. The predicted octanol–water partition coefficient (Wildman–Crippen LogP) is 3.85. The van der Waals surface area contributed by atoms with Crippen LogP contribution < -0.4 is 5.32 Å². The summed E-state index contributed by atoms with van der Waals surface area (Å²) in [5.74, 6) is -0.121. The number of pyridine rings is 2. The fourth-order valence-corrected chi connectivity index (χ4v) is 6.00. The van der Waals surface area contributed by atoms with E-state index < -0.39 is 15.7 Å². The van der Waals surface area contributed by atoms with Gasteiger partial charge in [-0.05, 0) is 43.2 Å². The standard InChI is InChI=1S/C26H22ClN5O4S/c27-20-7-17(8-25-19(20)14-36-5-6-37(25,34)35)26(33)30-11-18-9-22-16(10-29-18)3-4-21(31-22)24-13-28-12-23(32-24)15-1-2-15/h3-4,7-10,12-13,15H,1-2,5-6,11,14H2,(H,30,33). The average molecular weight is 536 g/mol. The summed E-state index contributed by atoms with van der Waals surface area (Å²) in [5.41, 5.74) is 4.29. The molecule has 1 aliphatic heterocycles. The molecular formula is C26H22ClN5O4S. The molecule has 1 fully saturated rings. The van der Waals surface area contributed by atoms with Gasteiger partial charge in [0.25, 0.3) is 5.91 Å². The number of fused-ring (bicyclic) bond motifs is 2. The van der Waals surface area contributed by atoms with Gasteiger partial charge in [-0.1, -0.05) is 11.6 Å². The summed E-state index contributed by atoms with van der Waals surface area (Å²) in [6, 6.07) is 8.45. The first-order chi connectivity index (χ1) is 17.9. The van der Waals surface area contributed by atoms with Crippen LogP contribution in [-0.4, -0.2) is 46.6 Å². The second kappa shape index (κ2) is 9.44. The van der Waals surface area contributed by atoms with Gasteiger partial charge >= 0.3 is 0 Å². The van der Waals surface area contributed by atoms with E-state index >= 15 is 0 Å². The molecule has 2 aliphatic rings. The molecule has 9 nitrogen and oxygen atoms in total. The molecule has 0 bridgehead atoms. The Morgan fingerprint density at radius 1 is 1.08 bits per heavy atom. The van der Waals surface area contributed by atoms with E-state index in [0.29, 0.717) is 22.9 Å². The highest BCUT2D eigenvalue weighted by molar-refractivity contribution is 7.91. The Balaban J connectivity index is 1.23. The topological polar surface area (TPSA) is 124 Å². The van der Waals surface area contributed by atoms with Crippen molar-refractivity contribution in [1.82, 2.24) is 25.3 Å². The van der Waals surface area contributed by atoms with Crippen LogP contribution in [0.5, 0.6) is 0 Å². The van der Waals surface area contributed by atoms with Crippen LogP contribution in [0.1, 0.15) is 46.1 Å². The number of sulfone groups is 1. The largest absolute Gasteiger partial charge is 0.376 e. The summed E-state index contributed by atoms with van der Waals surface area (Å²) in [4.78, 5) is 31.2. The number of rotatable bonds is 5. The lowest BCUT2D eigenvalue weighted by molar-refractivity contribution is 0.0950. The first-order valence-electron chi connectivity index (χ1n) is 11.9. The molecule has 1 amide bonds. The van der Waals surface area contributed by atoms with Crippen molar-refractivity contribution in [1.29, 1.82) is 0 Å². The number of halogens is 1. The number of carbonyl (C=O) groups excluding carboxylic acids is 1. The van der Waals surface area contributed by atoms with Crippen LogP contribution in [0.2, 0.25) is 5.02 Å². The molecule has 4 aromatic rings. The molecule has 11 heteroatoms. The van der Waals surface area contributed by atoms with Gasteiger partial charge in [0.2, 0.25) is 0 Å². The zero-order valence-corrected chi connectivity index (χ0v) is 21.2. The van der Waals surface area contributed by atoms with E-state index in [-0.39, 0.29) is 41.0 Å². The molecular weight excluding hydrogens is 514 g/mol. The number of carbonyl (C=O) groups is 1. The van der Waals surface area contributed by atoms with E-state index in [9.17, 15) is 13.2 Å². The predicted molar refractivity (Wildman–Crippen MR) is 137 cm³/mol. The lowest BCUT2D eigenvalue weighted by atomic mass is 10.1. The number of nitrogens with zero attached hydrogens (tertiary/aromatic N) is 4. The smallest absolute Gasteiger partial charge is 0.251 e. The van der Waals surface area contributed by atoms with Crippen molar-refractivity contribution in [3.05, 3.63) is 76.5 Å². The fraction of sp³-hybridized carbons (Fsp3) is 0.269. The summed E-state index contributed by atoms with van der Waals surface area (Å²) >= 11 is 6.31. The van der Waals surface area contributed by atoms with Gasteiger partial charge < -0.3 is 10.1 Å². The minimum Gasteiger partial charge on any atom is -0.376 e. The third-order valence-corrected chi connectivity index (χ3v) is 8.54. The SMILES string of the molecule is O=C(NCc1cc2nc(-c3cncc(C4CC4)n3)ccc2cn1)c1cc(Cl)c2c(c1)S(=O)(=O)CCOC2. The number of hydrogen-bond donors (Lipinski definition) is 1. The summed E-state index contributed by atoms with van der Waals surface area (Å²) in [6.45, 7) is 0.292. The van der Waals surface area contributed by atoms with Crippen molar-refractivity contribution in [2.45, 2.75) is 36.8 Å². The van der Waals surface area contributed by atoms with Crippen molar-refractivity contribution in [3.63, 3.8) is 0 Å². The molecule has 6 rings (SSSR count). The summed E-state index contributed by atoms with van der Waals surface area (Å²) in [5, 5.41) is 3.83. The first kappa shape index (κ1) is 23.9. The van der Waals surface area contributed by atoms with Gasteiger partial charge in [-0.3, -0.25) is 14.8 Å². The highest BCUT2D eigenvalue weighted by Crippen LogP contribution is 2.39. The molecule has 0 atom stereocenters. The molecule has 188 valence electrons. The van der Waals surface area contributed by atoms with Crippen LogP contribution in [0.3, 0.4) is 0 Å². The van der Waals surface area contributed by atoms with Gasteiger partial charge in [0.05, 0.1) is 59.2 Å². The summed E-state index contributed by atoms with van der Waals surface area (Å²) < 4.78 is 30.6. The third-order valence-electron chi connectivity index (χ3n) is 6.47. The van der Waals surface area contributed by atoms with Crippen LogP contribution in [0.4, 0.5) is 0 Å². The van der Waals surface area contributed by atoms with Crippen LogP contribution in [0, 0.1) is 0 Å². The van der Waals surface area contributed by atoms with Gasteiger partial charge in [0.15, 0.2) is 9.84 Å². The number of hydrogen-bond acceptors (Lipinski definition) is 8. The van der Waals surface area contributed by atoms with Crippen molar-refractivity contribution in [3.8, 4) is 11.4 Å². The molecule has 37 heavy (non-hydrogen) atoms. The molecule has 1 aromatic carbocycles. The van der Waals surface area contributed by atoms with Crippen LogP contribution in [0.15, 0.2) is 53.8 Å².